The number of pyridine rings is 1. The molecule has 0 aliphatic carbocycles. The van der Waals surface area contributed by atoms with Gasteiger partial charge in [0.2, 0.25) is 0 Å². The van der Waals surface area contributed by atoms with Crippen molar-refractivity contribution < 1.29 is 4.79 Å². The Balaban J connectivity index is 2.21. The molecule has 92 valence electrons. The Hall–Kier alpha value is -1.62. The van der Waals surface area contributed by atoms with Gasteiger partial charge in [0.1, 0.15) is 5.56 Å². The van der Waals surface area contributed by atoms with Gasteiger partial charge < -0.3 is 15.6 Å². The van der Waals surface area contributed by atoms with E-state index < -0.39 is 0 Å². The van der Waals surface area contributed by atoms with E-state index in [-0.39, 0.29) is 29.0 Å². The highest BCUT2D eigenvalue weighted by atomic mass is 16.2. The lowest BCUT2D eigenvalue weighted by molar-refractivity contribution is 0.0617. The summed E-state index contributed by atoms with van der Waals surface area (Å²) < 4.78 is 0. The molecule has 5 nitrogen and oxygen atoms in total. The molecule has 1 saturated heterocycles. The fourth-order valence-electron chi connectivity index (χ4n) is 2.25. The average molecular weight is 235 g/mol. The number of nitrogens with zero attached hydrogens (tertiary/aromatic N) is 1. The summed E-state index contributed by atoms with van der Waals surface area (Å²) in [7, 11) is 0. The molecule has 2 unspecified atom stereocenters. The summed E-state index contributed by atoms with van der Waals surface area (Å²) in [4.78, 5) is 28.3. The predicted octanol–water partition coefficient (Wildman–Crippen LogP) is 0.327. The Morgan fingerprint density at radius 1 is 1.59 bits per heavy atom. The molecule has 1 aromatic heterocycles. The SMILES string of the molecule is CC1CC(N)CCN1C(=O)c1c[nH]ccc1=O. The second-order valence-electron chi connectivity index (χ2n) is 4.55. The molecule has 2 atom stereocenters. The van der Waals surface area contributed by atoms with Gasteiger partial charge in [0.15, 0.2) is 5.43 Å². The van der Waals surface area contributed by atoms with Gasteiger partial charge in [-0.1, -0.05) is 0 Å². The molecule has 3 N–H and O–H groups in total. The number of H-pyrrole nitrogens is 1. The van der Waals surface area contributed by atoms with Crippen LogP contribution in [0.5, 0.6) is 0 Å². The Morgan fingerprint density at radius 3 is 3.00 bits per heavy atom. The molecule has 2 heterocycles. The van der Waals surface area contributed by atoms with Gasteiger partial charge in [-0.25, -0.2) is 0 Å². The van der Waals surface area contributed by atoms with Crippen molar-refractivity contribution in [3.63, 3.8) is 0 Å². The number of carbonyl (C=O) groups excluding carboxylic acids is 1. The first kappa shape index (κ1) is 11.9. The fraction of sp³-hybridized carbons (Fsp3) is 0.500. The smallest absolute Gasteiger partial charge is 0.259 e. The highest BCUT2D eigenvalue weighted by molar-refractivity contribution is 5.94. The zero-order valence-electron chi connectivity index (χ0n) is 9.85. The predicted molar refractivity (Wildman–Crippen MR) is 64.8 cm³/mol. The molecule has 17 heavy (non-hydrogen) atoms. The standard InChI is InChI=1S/C12H17N3O2/c1-8-6-9(13)3-5-15(8)12(17)10-7-14-4-2-11(10)16/h2,4,7-9H,3,5-6,13H2,1H3,(H,14,16). The second-order valence-corrected chi connectivity index (χ2v) is 4.55. The van der Waals surface area contributed by atoms with Gasteiger partial charge in [-0.3, -0.25) is 9.59 Å². The van der Waals surface area contributed by atoms with Crippen LogP contribution in [0.1, 0.15) is 30.1 Å². The lowest BCUT2D eigenvalue weighted by Crippen LogP contribution is -2.49. The van der Waals surface area contributed by atoms with Gasteiger partial charge >= 0.3 is 0 Å². The number of likely N-dealkylation sites (tertiary alicyclic amines) is 1. The van der Waals surface area contributed by atoms with Crippen LogP contribution in [0.25, 0.3) is 0 Å². The quantitative estimate of drug-likeness (QED) is 0.736. The zero-order valence-corrected chi connectivity index (χ0v) is 9.85. The third-order valence-electron chi connectivity index (χ3n) is 3.23. The first-order valence-corrected chi connectivity index (χ1v) is 5.83. The van der Waals surface area contributed by atoms with Crippen LogP contribution in [-0.2, 0) is 0 Å². The Morgan fingerprint density at radius 2 is 2.35 bits per heavy atom. The Kier molecular flexibility index (Phi) is 3.28. The van der Waals surface area contributed by atoms with E-state index in [1.165, 1.54) is 18.5 Å². The van der Waals surface area contributed by atoms with Crippen molar-refractivity contribution in [2.24, 2.45) is 5.73 Å². The molecule has 0 radical (unpaired) electrons. The van der Waals surface area contributed by atoms with Crippen molar-refractivity contribution in [2.75, 3.05) is 6.54 Å². The maximum Gasteiger partial charge on any atom is 0.259 e. The van der Waals surface area contributed by atoms with E-state index in [0.29, 0.717) is 6.54 Å². The van der Waals surface area contributed by atoms with Crippen LogP contribution in [0.3, 0.4) is 0 Å². The molecular formula is C12H17N3O2. The van der Waals surface area contributed by atoms with Crippen molar-refractivity contribution in [1.29, 1.82) is 0 Å². The van der Waals surface area contributed by atoms with Gasteiger partial charge in [0.25, 0.3) is 5.91 Å². The van der Waals surface area contributed by atoms with E-state index in [0.717, 1.165) is 12.8 Å². The molecule has 0 bridgehead atoms. The van der Waals surface area contributed by atoms with E-state index in [1.807, 2.05) is 6.92 Å². The molecule has 1 aliphatic heterocycles. The largest absolute Gasteiger partial charge is 0.367 e. The third-order valence-corrected chi connectivity index (χ3v) is 3.23. The van der Waals surface area contributed by atoms with E-state index in [9.17, 15) is 9.59 Å². The topological polar surface area (TPSA) is 79.2 Å². The molecular weight excluding hydrogens is 218 g/mol. The van der Waals surface area contributed by atoms with Crippen LogP contribution in [0.15, 0.2) is 23.3 Å². The summed E-state index contributed by atoms with van der Waals surface area (Å²) in [5.74, 6) is -0.203. The number of amides is 1. The van der Waals surface area contributed by atoms with Gasteiger partial charge in [-0.2, -0.15) is 0 Å². The van der Waals surface area contributed by atoms with Crippen LogP contribution in [0.2, 0.25) is 0 Å². The molecule has 1 aliphatic rings. The number of nitrogens with two attached hydrogens (primary N) is 1. The normalized spacial score (nSPS) is 24.7. The average Bonchev–Trinajstić information content (AvgIpc) is 2.29. The molecule has 5 heteroatoms. The number of hydrogen-bond acceptors (Lipinski definition) is 3. The number of aromatic amines is 1. The summed E-state index contributed by atoms with van der Waals surface area (Å²) in [5.41, 5.74) is 5.81. The number of hydrogen-bond donors (Lipinski definition) is 2. The monoisotopic (exact) mass is 235 g/mol. The Bertz CT molecular complexity index is 469. The Labute approximate surface area is 99.6 Å². The van der Waals surface area contributed by atoms with Crippen LogP contribution >= 0.6 is 0 Å². The van der Waals surface area contributed by atoms with Gasteiger partial charge in [0.05, 0.1) is 0 Å². The molecule has 0 spiro atoms. The molecule has 1 fully saturated rings. The van der Waals surface area contributed by atoms with Crippen molar-refractivity contribution in [3.8, 4) is 0 Å². The molecule has 1 amide bonds. The second kappa shape index (κ2) is 4.71. The minimum absolute atomic E-state index is 0.0888. The van der Waals surface area contributed by atoms with Crippen molar-refractivity contribution in [1.82, 2.24) is 9.88 Å². The maximum atomic E-state index is 12.2. The number of rotatable bonds is 1. The minimum atomic E-state index is -0.240. The number of nitrogens with one attached hydrogen (secondary N) is 1. The van der Waals surface area contributed by atoms with Crippen LogP contribution in [0.4, 0.5) is 0 Å². The van der Waals surface area contributed by atoms with Gasteiger partial charge in [-0.15, -0.1) is 0 Å². The number of aromatic nitrogens is 1. The zero-order chi connectivity index (χ0) is 12.4. The van der Waals surface area contributed by atoms with Gasteiger partial charge in [0, 0.05) is 37.1 Å². The number of piperidine rings is 1. The van der Waals surface area contributed by atoms with Crippen molar-refractivity contribution in [3.05, 3.63) is 34.2 Å². The summed E-state index contributed by atoms with van der Waals surface area (Å²) >= 11 is 0. The molecule has 2 rings (SSSR count). The van der Waals surface area contributed by atoms with Crippen LogP contribution < -0.4 is 11.2 Å². The van der Waals surface area contributed by atoms with Crippen molar-refractivity contribution in [2.45, 2.75) is 31.8 Å². The van der Waals surface area contributed by atoms with E-state index in [2.05, 4.69) is 4.98 Å². The summed E-state index contributed by atoms with van der Waals surface area (Å²) in [6.45, 7) is 2.59. The van der Waals surface area contributed by atoms with Crippen LogP contribution in [-0.4, -0.2) is 34.4 Å². The summed E-state index contributed by atoms with van der Waals surface area (Å²) in [6.07, 6.45) is 4.57. The lowest BCUT2D eigenvalue weighted by atomic mass is 9.98. The van der Waals surface area contributed by atoms with E-state index in [4.69, 9.17) is 5.73 Å². The van der Waals surface area contributed by atoms with E-state index >= 15 is 0 Å². The van der Waals surface area contributed by atoms with Crippen LogP contribution in [0, 0.1) is 0 Å². The highest BCUT2D eigenvalue weighted by Crippen LogP contribution is 2.17. The fourth-order valence-corrected chi connectivity index (χ4v) is 2.25. The number of carbonyl (C=O) groups is 1. The highest BCUT2D eigenvalue weighted by Gasteiger charge is 2.28. The van der Waals surface area contributed by atoms with Crippen molar-refractivity contribution >= 4 is 5.91 Å². The van der Waals surface area contributed by atoms with E-state index in [1.54, 1.807) is 4.90 Å². The first-order chi connectivity index (χ1) is 8.09. The van der Waals surface area contributed by atoms with Gasteiger partial charge in [-0.05, 0) is 19.8 Å². The molecule has 0 aromatic carbocycles. The summed E-state index contributed by atoms with van der Waals surface area (Å²) in [5, 5.41) is 0. The molecule has 0 saturated carbocycles. The minimum Gasteiger partial charge on any atom is -0.367 e. The molecule has 1 aromatic rings. The maximum absolute atomic E-state index is 12.2. The summed E-state index contributed by atoms with van der Waals surface area (Å²) in [6, 6.07) is 1.61. The third kappa shape index (κ3) is 2.39. The lowest BCUT2D eigenvalue weighted by Gasteiger charge is -2.36. The first-order valence-electron chi connectivity index (χ1n) is 5.83.